The number of alkyl halides is 1. The van der Waals surface area contributed by atoms with Crippen LogP contribution in [0.5, 0.6) is 0 Å². The van der Waals surface area contributed by atoms with Crippen molar-refractivity contribution in [2.24, 2.45) is 0 Å². The lowest BCUT2D eigenvalue weighted by molar-refractivity contribution is 0.110. The van der Waals surface area contributed by atoms with Gasteiger partial charge in [0.2, 0.25) is 0 Å². The van der Waals surface area contributed by atoms with E-state index >= 15 is 0 Å². The molecule has 0 bridgehead atoms. The Balaban J connectivity index is 1.60. The van der Waals surface area contributed by atoms with Gasteiger partial charge in [0.25, 0.3) is 0 Å². The minimum absolute atomic E-state index is 0.104. The number of fused-ring (bicyclic) bond motifs is 1. The highest BCUT2D eigenvalue weighted by atomic mass is 35.5. The summed E-state index contributed by atoms with van der Waals surface area (Å²) >= 11 is 6.53. The molecule has 1 aromatic carbocycles. The molecule has 3 atom stereocenters. The third kappa shape index (κ3) is 3.21. The first-order valence-electron chi connectivity index (χ1n) is 7.79. The van der Waals surface area contributed by atoms with E-state index in [9.17, 15) is 0 Å². The van der Waals surface area contributed by atoms with Gasteiger partial charge in [-0.3, -0.25) is 0 Å². The number of hydrogen-bond acceptors (Lipinski definition) is 2. The van der Waals surface area contributed by atoms with Crippen LogP contribution in [0.3, 0.4) is 0 Å². The summed E-state index contributed by atoms with van der Waals surface area (Å²) in [5.41, 5.74) is 2.62. The summed E-state index contributed by atoms with van der Waals surface area (Å²) < 4.78 is 12.0. The summed E-state index contributed by atoms with van der Waals surface area (Å²) in [5, 5.41) is -0.104. The van der Waals surface area contributed by atoms with Crippen LogP contribution >= 0.6 is 11.6 Å². The molecule has 1 aliphatic heterocycles. The fraction of sp³-hybridized carbons (Fsp3) is 0.625. The quantitative estimate of drug-likeness (QED) is 0.621. The smallest absolute Gasteiger partial charge is 0.405 e. The molecule has 3 rings (SSSR count). The van der Waals surface area contributed by atoms with Crippen molar-refractivity contribution in [1.82, 2.24) is 0 Å². The Bertz CT molecular complexity index is 440. The van der Waals surface area contributed by atoms with Crippen molar-refractivity contribution >= 4 is 18.7 Å². The molecule has 1 saturated carbocycles. The molecule has 0 radical (unpaired) electrons. The van der Waals surface area contributed by atoms with E-state index in [1.54, 1.807) is 0 Å². The Labute approximate surface area is 126 Å². The zero-order valence-corrected chi connectivity index (χ0v) is 12.8. The molecule has 2 fully saturated rings. The van der Waals surface area contributed by atoms with Gasteiger partial charge in [0, 0.05) is 0 Å². The highest BCUT2D eigenvalue weighted by Gasteiger charge is 2.44. The van der Waals surface area contributed by atoms with Gasteiger partial charge in [0.05, 0.1) is 17.5 Å². The summed E-state index contributed by atoms with van der Waals surface area (Å²) in [6.07, 6.45) is 7.16. The van der Waals surface area contributed by atoms with Crippen LogP contribution < -0.4 is 0 Å². The molecule has 4 heteroatoms. The molecule has 2 aliphatic rings. The van der Waals surface area contributed by atoms with Crippen molar-refractivity contribution in [2.45, 2.75) is 62.9 Å². The monoisotopic (exact) mass is 292 g/mol. The summed E-state index contributed by atoms with van der Waals surface area (Å²) in [7, 11) is -0.241. The Morgan fingerprint density at radius 2 is 1.85 bits per heavy atom. The average molecular weight is 293 g/mol. The Kier molecular flexibility index (Phi) is 4.70. The number of benzene rings is 1. The lowest BCUT2D eigenvalue weighted by Crippen LogP contribution is -2.30. The zero-order chi connectivity index (χ0) is 13.9. The predicted molar refractivity (Wildman–Crippen MR) is 83.1 cm³/mol. The maximum Gasteiger partial charge on any atom is 0.476 e. The van der Waals surface area contributed by atoms with Crippen molar-refractivity contribution in [1.29, 1.82) is 0 Å². The second-order valence-corrected chi connectivity index (χ2v) is 6.46. The fourth-order valence-electron chi connectivity index (χ4n) is 3.22. The fourth-order valence-corrected chi connectivity index (χ4v) is 3.52. The first-order valence-corrected chi connectivity index (χ1v) is 8.22. The highest BCUT2D eigenvalue weighted by molar-refractivity contribution is 6.59. The molecule has 1 aromatic rings. The van der Waals surface area contributed by atoms with Gasteiger partial charge in [-0.15, -0.1) is 11.6 Å². The molecule has 1 saturated heterocycles. The second-order valence-electron chi connectivity index (χ2n) is 5.90. The molecule has 2 nitrogen and oxygen atoms in total. The Morgan fingerprint density at radius 1 is 1.20 bits per heavy atom. The molecule has 0 spiro atoms. The van der Waals surface area contributed by atoms with Crippen LogP contribution in [0.25, 0.3) is 0 Å². The van der Waals surface area contributed by atoms with Gasteiger partial charge in [0.15, 0.2) is 0 Å². The summed E-state index contributed by atoms with van der Waals surface area (Å²) in [4.78, 5) is 0. The van der Waals surface area contributed by atoms with Crippen LogP contribution in [0, 0.1) is 0 Å². The van der Waals surface area contributed by atoms with Crippen LogP contribution in [-0.4, -0.2) is 24.6 Å². The van der Waals surface area contributed by atoms with Gasteiger partial charge in [-0.05, 0) is 36.8 Å². The SMILES string of the molecule is CCc1cccc(CC(Cl)B2OC3CCCCC3O2)c1. The van der Waals surface area contributed by atoms with E-state index in [2.05, 4.69) is 31.2 Å². The molecule has 0 amide bonds. The molecule has 1 heterocycles. The normalized spacial score (nSPS) is 27.4. The van der Waals surface area contributed by atoms with E-state index in [0.29, 0.717) is 0 Å². The van der Waals surface area contributed by atoms with Crippen LogP contribution in [0.2, 0.25) is 0 Å². The van der Waals surface area contributed by atoms with Crippen LogP contribution in [0.4, 0.5) is 0 Å². The number of aryl methyl sites for hydroxylation is 1. The largest absolute Gasteiger partial charge is 0.476 e. The van der Waals surface area contributed by atoms with Gasteiger partial charge in [0.1, 0.15) is 0 Å². The summed E-state index contributed by atoms with van der Waals surface area (Å²) in [5.74, 6) is 0. The Hall–Kier alpha value is -0.505. The average Bonchev–Trinajstić information content (AvgIpc) is 2.91. The third-order valence-electron chi connectivity index (χ3n) is 4.39. The first kappa shape index (κ1) is 14.4. The molecule has 1 aliphatic carbocycles. The molecule has 20 heavy (non-hydrogen) atoms. The van der Waals surface area contributed by atoms with E-state index in [1.165, 1.54) is 24.0 Å². The van der Waals surface area contributed by atoms with E-state index < -0.39 is 0 Å². The molecular weight excluding hydrogens is 270 g/mol. The van der Waals surface area contributed by atoms with E-state index in [1.807, 2.05) is 0 Å². The van der Waals surface area contributed by atoms with Crippen molar-refractivity contribution in [2.75, 3.05) is 0 Å². The summed E-state index contributed by atoms with van der Waals surface area (Å²) in [6, 6.07) is 8.63. The van der Waals surface area contributed by atoms with Gasteiger partial charge in [-0.2, -0.15) is 0 Å². The van der Waals surface area contributed by atoms with E-state index in [4.69, 9.17) is 20.9 Å². The minimum atomic E-state index is -0.241. The van der Waals surface area contributed by atoms with Crippen molar-refractivity contribution in [3.05, 3.63) is 35.4 Å². The van der Waals surface area contributed by atoms with Gasteiger partial charge in [-0.25, -0.2) is 0 Å². The maximum atomic E-state index is 6.53. The van der Waals surface area contributed by atoms with Gasteiger partial charge >= 0.3 is 7.12 Å². The lowest BCUT2D eigenvalue weighted by Gasteiger charge is -2.22. The number of halogens is 1. The molecular formula is C16H22BClO2. The molecule has 108 valence electrons. The van der Waals surface area contributed by atoms with Crippen molar-refractivity contribution < 1.29 is 9.31 Å². The maximum absolute atomic E-state index is 6.53. The standard InChI is InChI=1S/C16H22BClO2/c1-2-12-6-5-7-13(10-12)11-16(18)17-19-14-8-3-4-9-15(14)20-17/h5-7,10,14-16H,2-4,8-9,11H2,1H3. The summed E-state index contributed by atoms with van der Waals surface area (Å²) in [6.45, 7) is 2.17. The molecule has 0 aromatic heterocycles. The van der Waals surface area contributed by atoms with Crippen LogP contribution in [-0.2, 0) is 22.2 Å². The van der Waals surface area contributed by atoms with Gasteiger partial charge in [-0.1, -0.05) is 44.0 Å². The second kappa shape index (κ2) is 6.51. The van der Waals surface area contributed by atoms with Gasteiger partial charge < -0.3 is 9.31 Å². The molecule has 3 unspecified atom stereocenters. The van der Waals surface area contributed by atoms with Crippen LogP contribution in [0.15, 0.2) is 24.3 Å². The lowest BCUT2D eigenvalue weighted by atomic mass is 9.80. The van der Waals surface area contributed by atoms with E-state index in [-0.39, 0.29) is 24.6 Å². The third-order valence-corrected chi connectivity index (χ3v) is 4.75. The Morgan fingerprint density at radius 3 is 2.50 bits per heavy atom. The molecule has 0 N–H and O–H groups in total. The highest BCUT2D eigenvalue weighted by Crippen LogP contribution is 2.32. The van der Waals surface area contributed by atoms with Crippen molar-refractivity contribution in [3.63, 3.8) is 0 Å². The van der Waals surface area contributed by atoms with Crippen molar-refractivity contribution in [3.8, 4) is 0 Å². The minimum Gasteiger partial charge on any atom is -0.405 e. The van der Waals surface area contributed by atoms with E-state index in [0.717, 1.165) is 25.7 Å². The predicted octanol–water partition coefficient (Wildman–Crippen LogP) is 3.78. The van der Waals surface area contributed by atoms with Crippen LogP contribution in [0.1, 0.15) is 43.7 Å². The first-order chi connectivity index (χ1) is 9.76. The number of rotatable bonds is 4. The zero-order valence-electron chi connectivity index (χ0n) is 12.1. The number of hydrogen-bond donors (Lipinski definition) is 0. The topological polar surface area (TPSA) is 18.5 Å².